The van der Waals surface area contributed by atoms with Crippen LogP contribution in [0.1, 0.15) is 6.92 Å². The van der Waals surface area contributed by atoms with Crippen LogP contribution in [0.5, 0.6) is 0 Å². The third-order valence-corrected chi connectivity index (χ3v) is 3.09. The molecule has 0 spiro atoms. The van der Waals surface area contributed by atoms with E-state index in [1.807, 2.05) is 4.90 Å². The first kappa shape index (κ1) is 11.8. The monoisotopic (exact) mass is 236 g/mol. The van der Waals surface area contributed by atoms with Crippen LogP contribution >= 0.6 is 0 Å². The van der Waals surface area contributed by atoms with Gasteiger partial charge in [0, 0.05) is 38.6 Å². The summed E-state index contributed by atoms with van der Waals surface area (Å²) in [5, 5.41) is 8.94. The molecule has 0 radical (unpaired) electrons. The average molecular weight is 236 g/mol. The molecule has 0 bridgehead atoms. The molecule has 6 nitrogen and oxygen atoms in total. The molecular weight excluding hydrogens is 220 g/mol. The van der Waals surface area contributed by atoms with E-state index in [4.69, 9.17) is 5.11 Å². The lowest BCUT2D eigenvalue weighted by molar-refractivity contribution is -0.142. The number of hydrogen-bond acceptors (Lipinski definition) is 5. The van der Waals surface area contributed by atoms with Crippen molar-refractivity contribution in [1.29, 1.82) is 0 Å². The first-order chi connectivity index (χ1) is 8.18. The summed E-state index contributed by atoms with van der Waals surface area (Å²) in [6, 6.07) is -0.418. The number of nitrogens with zero attached hydrogens (tertiary/aromatic N) is 4. The molecule has 0 saturated carbocycles. The van der Waals surface area contributed by atoms with Crippen LogP contribution in [0, 0.1) is 0 Å². The minimum atomic E-state index is -0.766. The van der Waals surface area contributed by atoms with E-state index in [1.54, 1.807) is 25.5 Å². The maximum Gasteiger partial charge on any atom is 0.320 e. The molecule has 0 aliphatic carbocycles. The summed E-state index contributed by atoms with van der Waals surface area (Å²) in [7, 11) is 0. The lowest BCUT2D eigenvalue weighted by Crippen LogP contribution is -2.52. The summed E-state index contributed by atoms with van der Waals surface area (Å²) in [5.74, 6) is 0.0908. The fraction of sp³-hybridized carbons (Fsp3) is 0.545. The largest absolute Gasteiger partial charge is 0.480 e. The number of hydrogen-bond donors (Lipinski definition) is 1. The van der Waals surface area contributed by atoms with E-state index in [9.17, 15) is 4.79 Å². The molecule has 1 fully saturated rings. The van der Waals surface area contributed by atoms with Gasteiger partial charge in [0.2, 0.25) is 0 Å². The van der Waals surface area contributed by atoms with Gasteiger partial charge in [-0.25, -0.2) is 4.98 Å². The number of carboxylic acid groups (broad SMARTS) is 1. The molecule has 1 aliphatic heterocycles. The van der Waals surface area contributed by atoms with E-state index >= 15 is 0 Å². The molecular formula is C11H16N4O2. The summed E-state index contributed by atoms with van der Waals surface area (Å²) in [5.41, 5.74) is 0. The summed E-state index contributed by atoms with van der Waals surface area (Å²) < 4.78 is 0. The van der Waals surface area contributed by atoms with E-state index in [2.05, 4.69) is 14.9 Å². The Morgan fingerprint density at radius 2 is 2.06 bits per heavy atom. The summed E-state index contributed by atoms with van der Waals surface area (Å²) >= 11 is 0. The van der Waals surface area contributed by atoms with Crippen LogP contribution in [-0.4, -0.2) is 58.2 Å². The highest BCUT2D eigenvalue weighted by Crippen LogP contribution is 2.12. The smallest absolute Gasteiger partial charge is 0.320 e. The second-order valence-electron chi connectivity index (χ2n) is 4.10. The Hall–Kier alpha value is -1.69. The van der Waals surface area contributed by atoms with Gasteiger partial charge in [0.1, 0.15) is 11.9 Å². The molecule has 1 atom stereocenters. The summed E-state index contributed by atoms with van der Waals surface area (Å²) in [6.45, 7) is 4.78. The number of anilines is 1. The molecule has 17 heavy (non-hydrogen) atoms. The van der Waals surface area contributed by atoms with E-state index < -0.39 is 12.0 Å². The minimum absolute atomic E-state index is 0.418. The third-order valence-electron chi connectivity index (χ3n) is 3.09. The number of piperazine rings is 1. The fourth-order valence-electron chi connectivity index (χ4n) is 1.95. The summed E-state index contributed by atoms with van der Waals surface area (Å²) in [4.78, 5) is 23.2. The van der Waals surface area contributed by atoms with Crippen molar-refractivity contribution in [3.63, 3.8) is 0 Å². The fourth-order valence-corrected chi connectivity index (χ4v) is 1.95. The zero-order valence-electron chi connectivity index (χ0n) is 9.78. The normalized spacial score (nSPS) is 19.0. The van der Waals surface area contributed by atoms with Gasteiger partial charge in [0.25, 0.3) is 0 Å². The number of rotatable bonds is 3. The van der Waals surface area contributed by atoms with Crippen molar-refractivity contribution in [3.8, 4) is 0 Å². The lowest BCUT2D eigenvalue weighted by Gasteiger charge is -2.36. The van der Waals surface area contributed by atoms with Crippen LogP contribution in [0.2, 0.25) is 0 Å². The zero-order valence-corrected chi connectivity index (χ0v) is 9.78. The van der Waals surface area contributed by atoms with Crippen molar-refractivity contribution in [2.24, 2.45) is 0 Å². The Labute approximate surface area is 99.9 Å². The van der Waals surface area contributed by atoms with Gasteiger partial charge in [-0.2, -0.15) is 0 Å². The molecule has 6 heteroatoms. The highest BCUT2D eigenvalue weighted by molar-refractivity contribution is 5.72. The molecule has 2 heterocycles. The Balaban J connectivity index is 1.93. The zero-order chi connectivity index (χ0) is 12.3. The van der Waals surface area contributed by atoms with Crippen molar-refractivity contribution < 1.29 is 9.90 Å². The molecule has 0 unspecified atom stereocenters. The highest BCUT2D eigenvalue weighted by Gasteiger charge is 2.25. The minimum Gasteiger partial charge on any atom is -0.480 e. The van der Waals surface area contributed by atoms with Crippen LogP contribution in [0.4, 0.5) is 5.82 Å². The number of aliphatic carboxylic acids is 1. The molecule has 1 N–H and O–H groups in total. The van der Waals surface area contributed by atoms with Gasteiger partial charge in [-0.05, 0) is 6.92 Å². The van der Waals surface area contributed by atoms with Crippen LogP contribution in [0.3, 0.4) is 0 Å². The quantitative estimate of drug-likeness (QED) is 0.801. The van der Waals surface area contributed by atoms with Crippen molar-refractivity contribution in [2.75, 3.05) is 31.1 Å². The average Bonchev–Trinajstić information content (AvgIpc) is 2.39. The second-order valence-corrected chi connectivity index (χ2v) is 4.10. The highest BCUT2D eigenvalue weighted by atomic mass is 16.4. The molecule has 0 amide bonds. The third kappa shape index (κ3) is 2.71. The van der Waals surface area contributed by atoms with E-state index in [-0.39, 0.29) is 0 Å². The van der Waals surface area contributed by atoms with E-state index in [0.29, 0.717) is 0 Å². The lowest BCUT2D eigenvalue weighted by atomic mass is 10.2. The number of aromatic nitrogens is 2. The number of carbonyl (C=O) groups is 1. The van der Waals surface area contributed by atoms with Gasteiger partial charge < -0.3 is 10.0 Å². The number of carboxylic acids is 1. The van der Waals surface area contributed by atoms with Gasteiger partial charge in [-0.15, -0.1) is 0 Å². The van der Waals surface area contributed by atoms with Crippen LogP contribution in [-0.2, 0) is 4.79 Å². The molecule has 2 rings (SSSR count). The topological polar surface area (TPSA) is 69.6 Å². The Morgan fingerprint density at radius 3 is 2.59 bits per heavy atom. The molecule has 92 valence electrons. The van der Waals surface area contributed by atoms with Gasteiger partial charge in [-0.1, -0.05) is 0 Å². The van der Waals surface area contributed by atoms with E-state index in [1.165, 1.54) is 0 Å². The van der Waals surface area contributed by atoms with Crippen LogP contribution in [0.15, 0.2) is 18.6 Å². The van der Waals surface area contributed by atoms with Crippen molar-refractivity contribution in [1.82, 2.24) is 14.9 Å². The molecule has 1 saturated heterocycles. The molecule has 0 aromatic carbocycles. The Bertz CT molecular complexity index is 376. The maximum absolute atomic E-state index is 10.9. The van der Waals surface area contributed by atoms with Crippen molar-refractivity contribution in [2.45, 2.75) is 13.0 Å². The first-order valence-corrected chi connectivity index (χ1v) is 5.66. The molecule has 1 aromatic rings. The van der Waals surface area contributed by atoms with Crippen LogP contribution < -0.4 is 4.90 Å². The van der Waals surface area contributed by atoms with Gasteiger partial charge in [-0.3, -0.25) is 14.7 Å². The Morgan fingerprint density at radius 1 is 1.35 bits per heavy atom. The van der Waals surface area contributed by atoms with Gasteiger partial charge in [0.05, 0.1) is 6.20 Å². The maximum atomic E-state index is 10.9. The van der Waals surface area contributed by atoms with Crippen molar-refractivity contribution in [3.05, 3.63) is 18.6 Å². The van der Waals surface area contributed by atoms with E-state index in [0.717, 1.165) is 32.0 Å². The SMILES string of the molecule is C[C@H](C(=O)O)N1CCN(c2cnccn2)CC1. The van der Waals surface area contributed by atoms with Crippen LogP contribution in [0.25, 0.3) is 0 Å². The Kier molecular flexibility index (Phi) is 3.53. The molecule has 1 aliphatic rings. The van der Waals surface area contributed by atoms with Gasteiger partial charge in [0.15, 0.2) is 0 Å². The predicted molar refractivity (Wildman–Crippen MR) is 62.9 cm³/mol. The van der Waals surface area contributed by atoms with Gasteiger partial charge >= 0.3 is 5.97 Å². The predicted octanol–water partition coefficient (Wildman–Crippen LogP) is 0.0717. The standard InChI is InChI=1S/C11H16N4O2/c1-9(11(16)17)14-4-6-15(7-5-14)10-8-12-2-3-13-10/h2-3,8-9H,4-7H2,1H3,(H,16,17)/t9-/m1/s1. The first-order valence-electron chi connectivity index (χ1n) is 5.66. The second kappa shape index (κ2) is 5.09. The van der Waals surface area contributed by atoms with Crippen molar-refractivity contribution >= 4 is 11.8 Å². The molecule has 1 aromatic heterocycles. The summed E-state index contributed by atoms with van der Waals surface area (Å²) in [6.07, 6.45) is 5.05.